The molecule has 8 heteroatoms. The van der Waals surface area contributed by atoms with Crippen LogP contribution in [0.25, 0.3) is 0 Å². The van der Waals surface area contributed by atoms with Crippen molar-refractivity contribution < 1.29 is 19.1 Å². The van der Waals surface area contributed by atoms with E-state index >= 15 is 0 Å². The second-order valence-corrected chi connectivity index (χ2v) is 6.06. The van der Waals surface area contributed by atoms with Gasteiger partial charge in [-0.1, -0.05) is 23.7 Å². The molecule has 0 bridgehead atoms. The van der Waals surface area contributed by atoms with E-state index in [4.69, 9.17) is 21.1 Å². The molecule has 2 N–H and O–H groups in total. The molecule has 0 unspecified atom stereocenters. The van der Waals surface area contributed by atoms with Crippen molar-refractivity contribution in [2.45, 2.75) is 6.92 Å². The Balaban J connectivity index is 1.84. The lowest BCUT2D eigenvalue weighted by Crippen LogP contribution is -2.43. The van der Waals surface area contributed by atoms with Gasteiger partial charge in [0.25, 0.3) is 11.8 Å². The van der Waals surface area contributed by atoms with Crippen LogP contribution in [0.2, 0.25) is 5.02 Å². The van der Waals surface area contributed by atoms with Gasteiger partial charge >= 0.3 is 0 Å². The molecule has 6 nitrogen and oxygen atoms in total. The van der Waals surface area contributed by atoms with Crippen molar-refractivity contribution in [3.05, 3.63) is 57.5 Å². The maximum absolute atomic E-state index is 12.0. The van der Waals surface area contributed by atoms with Crippen LogP contribution in [0.3, 0.4) is 0 Å². The minimum atomic E-state index is -0.515. The summed E-state index contributed by atoms with van der Waals surface area (Å²) in [5, 5.41) is 0.401. The van der Waals surface area contributed by atoms with Crippen LogP contribution in [0, 0.1) is 0 Å². The quantitative estimate of drug-likeness (QED) is 0.693. The van der Waals surface area contributed by atoms with Gasteiger partial charge in [-0.3, -0.25) is 20.4 Å². The van der Waals surface area contributed by atoms with Gasteiger partial charge in [0.05, 0.1) is 16.1 Å². The van der Waals surface area contributed by atoms with Crippen molar-refractivity contribution in [1.29, 1.82) is 0 Å². The van der Waals surface area contributed by atoms with Crippen molar-refractivity contribution in [3.8, 4) is 11.5 Å². The van der Waals surface area contributed by atoms with Crippen LogP contribution in [0.15, 0.2) is 46.9 Å². The molecule has 0 heterocycles. The highest BCUT2D eigenvalue weighted by atomic mass is 79.9. The van der Waals surface area contributed by atoms with E-state index in [0.717, 1.165) is 0 Å². The molecule has 0 saturated carbocycles. The van der Waals surface area contributed by atoms with Crippen molar-refractivity contribution in [2.75, 3.05) is 13.2 Å². The number of halogens is 2. The van der Waals surface area contributed by atoms with Crippen LogP contribution in [0.1, 0.15) is 17.3 Å². The Morgan fingerprint density at radius 2 is 1.84 bits per heavy atom. The molecule has 132 valence electrons. The topological polar surface area (TPSA) is 76.7 Å². The van der Waals surface area contributed by atoms with E-state index in [1.165, 1.54) is 0 Å². The van der Waals surface area contributed by atoms with Gasteiger partial charge in [0.1, 0.15) is 11.5 Å². The molecule has 0 saturated heterocycles. The van der Waals surface area contributed by atoms with Gasteiger partial charge in [-0.15, -0.1) is 0 Å². The summed E-state index contributed by atoms with van der Waals surface area (Å²) in [4.78, 5) is 23.8. The molecular weight excluding hydrogens is 412 g/mol. The van der Waals surface area contributed by atoms with Crippen LogP contribution in [0.5, 0.6) is 11.5 Å². The van der Waals surface area contributed by atoms with Crippen LogP contribution >= 0.6 is 27.5 Å². The van der Waals surface area contributed by atoms with E-state index in [9.17, 15) is 9.59 Å². The molecule has 0 aliphatic rings. The van der Waals surface area contributed by atoms with Gasteiger partial charge < -0.3 is 9.47 Å². The first kappa shape index (κ1) is 19.1. The number of hydrogen-bond acceptors (Lipinski definition) is 4. The van der Waals surface area contributed by atoms with Crippen LogP contribution < -0.4 is 20.3 Å². The summed E-state index contributed by atoms with van der Waals surface area (Å²) in [6.07, 6.45) is 0. The number of amides is 2. The molecule has 0 aliphatic heterocycles. The number of rotatable bonds is 6. The lowest BCUT2D eigenvalue weighted by molar-refractivity contribution is -0.123. The fourth-order valence-corrected chi connectivity index (χ4v) is 2.54. The summed E-state index contributed by atoms with van der Waals surface area (Å²) in [5.41, 5.74) is 4.96. The Hall–Kier alpha value is -2.25. The smallest absolute Gasteiger partial charge is 0.276 e. The van der Waals surface area contributed by atoms with Crippen LogP contribution in [-0.2, 0) is 4.79 Å². The highest BCUT2D eigenvalue weighted by Crippen LogP contribution is 2.26. The second-order valence-electron chi connectivity index (χ2n) is 4.80. The fraction of sp³-hybridized carbons (Fsp3) is 0.176. The summed E-state index contributed by atoms with van der Waals surface area (Å²) < 4.78 is 11.3. The molecule has 2 rings (SSSR count). The molecule has 0 radical (unpaired) electrons. The molecule has 25 heavy (non-hydrogen) atoms. The Labute approximate surface area is 158 Å². The van der Waals surface area contributed by atoms with Crippen molar-refractivity contribution in [1.82, 2.24) is 10.9 Å². The minimum absolute atomic E-state index is 0.281. The number of nitrogens with one attached hydrogen (secondary N) is 2. The number of carbonyl (C=O) groups excluding carboxylic acids is 2. The number of hydrogen-bond donors (Lipinski definition) is 2. The molecule has 2 aromatic carbocycles. The lowest BCUT2D eigenvalue weighted by Gasteiger charge is -2.11. The average Bonchev–Trinajstić information content (AvgIpc) is 2.60. The maximum Gasteiger partial charge on any atom is 0.276 e. The van der Waals surface area contributed by atoms with Crippen molar-refractivity contribution in [3.63, 3.8) is 0 Å². The largest absolute Gasteiger partial charge is 0.493 e. The van der Waals surface area contributed by atoms with Crippen molar-refractivity contribution >= 4 is 39.3 Å². The fourth-order valence-electron chi connectivity index (χ4n) is 1.85. The molecular formula is C17H16BrClN2O4. The Morgan fingerprint density at radius 1 is 1.08 bits per heavy atom. The van der Waals surface area contributed by atoms with E-state index < -0.39 is 11.8 Å². The van der Waals surface area contributed by atoms with Gasteiger partial charge in [0.15, 0.2) is 6.61 Å². The first-order valence-corrected chi connectivity index (χ1v) is 8.57. The molecule has 0 spiro atoms. The van der Waals surface area contributed by atoms with Gasteiger partial charge in [-0.2, -0.15) is 0 Å². The first-order valence-electron chi connectivity index (χ1n) is 7.40. The second kappa shape index (κ2) is 9.29. The Bertz CT molecular complexity index is 770. The third kappa shape index (κ3) is 5.65. The van der Waals surface area contributed by atoms with E-state index in [2.05, 4.69) is 26.8 Å². The summed E-state index contributed by atoms with van der Waals surface area (Å²) in [6, 6.07) is 11.7. The maximum atomic E-state index is 12.0. The standard InChI is InChI=1S/C17H16BrClN2O4/c1-2-24-14-8-7-11(9-12(14)18)17(23)21-20-16(22)10-25-15-6-4-3-5-13(15)19/h3-9H,2,10H2,1H3,(H,20,22)(H,21,23). The summed E-state index contributed by atoms with van der Waals surface area (Å²) in [6.45, 7) is 2.11. The summed E-state index contributed by atoms with van der Waals surface area (Å²) in [7, 11) is 0. The highest BCUT2D eigenvalue weighted by molar-refractivity contribution is 9.10. The van der Waals surface area contributed by atoms with E-state index in [1.54, 1.807) is 42.5 Å². The number of ether oxygens (including phenoxy) is 2. The predicted molar refractivity (Wildman–Crippen MR) is 97.9 cm³/mol. The van der Waals surface area contributed by atoms with Crippen LogP contribution in [-0.4, -0.2) is 25.0 Å². The first-order chi connectivity index (χ1) is 12.0. The minimum Gasteiger partial charge on any atom is -0.493 e. The third-order valence-electron chi connectivity index (χ3n) is 3.00. The van der Waals surface area contributed by atoms with Crippen molar-refractivity contribution in [2.24, 2.45) is 0 Å². The molecule has 0 atom stereocenters. The van der Waals surface area contributed by atoms with E-state index in [0.29, 0.717) is 33.2 Å². The van der Waals surface area contributed by atoms with E-state index in [1.807, 2.05) is 6.92 Å². The van der Waals surface area contributed by atoms with Gasteiger partial charge in [-0.25, -0.2) is 0 Å². The molecule has 0 aliphatic carbocycles. The van der Waals surface area contributed by atoms with Gasteiger partial charge in [0, 0.05) is 5.56 Å². The number of carbonyl (C=O) groups is 2. The molecule has 2 aromatic rings. The Morgan fingerprint density at radius 3 is 2.52 bits per heavy atom. The molecule has 0 fully saturated rings. The summed E-state index contributed by atoms with van der Waals surface area (Å²) in [5.74, 6) is 0.0467. The molecule has 2 amide bonds. The predicted octanol–water partition coefficient (Wildman–Crippen LogP) is 3.34. The number of hydrazine groups is 1. The Kier molecular flexibility index (Phi) is 7.09. The van der Waals surface area contributed by atoms with Crippen LogP contribution in [0.4, 0.5) is 0 Å². The lowest BCUT2D eigenvalue weighted by atomic mass is 10.2. The zero-order valence-corrected chi connectivity index (χ0v) is 15.7. The normalized spacial score (nSPS) is 10.0. The zero-order valence-electron chi connectivity index (χ0n) is 13.3. The third-order valence-corrected chi connectivity index (χ3v) is 3.94. The number of para-hydroxylation sites is 1. The van der Waals surface area contributed by atoms with Gasteiger partial charge in [0.2, 0.25) is 0 Å². The number of benzene rings is 2. The van der Waals surface area contributed by atoms with Gasteiger partial charge in [-0.05, 0) is 53.2 Å². The summed E-state index contributed by atoms with van der Waals surface area (Å²) >= 11 is 9.25. The van der Waals surface area contributed by atoms with E-state index in [-0.39, 0.29) is 6.61 Å². The molecule has 0 aromatic heterocycles. The zero-order chi connectivity index (χ0) is 18.2. The monoisotopic (exact) mass is 426 g/mol. The SMILES string of the molecule is CCOc1ccc(C(=O)NNC(=O)COc2ccccc2Cl)cc1Br. The highest BCUT2D eigenvalue weighted by Gasteiger charge is 2.11. The average molecular weight is 428 g/mol.